The molecular formula is C16H21NO5. The van der Waals surface area contributed by atoms with Crippen LogP contribution in [0.1, 0.15) is 37.0 Å². The maximum absolute atomic E-state index is 12.3. The predicted molar refractivity (Wildman–Crippen MR) is 81.3 cm³/mol. The number of hydrogen-bond donors (Lipinski definition) is 2. The van der Waals surface area contributed by atoms with Crippen molar-refractivity contribution in [1.82, 2.24) is 0 Å². The highest BCUT2D eigenvalue weighted by Gasteiger charge is 2.23. The first kappa shape index (κ1) is 16.3. The molecule has 0 aliphatic carbocycles. The van der Waals surface area contributed by atoms with Crippen molar-refractivity contribution in [3.05, 3.63) is 23.8 Å². The molecule has 1 aromatic rings. The van der Waals surface area contributed by atoms with Crippen LogP contribution in [-0.4, -0.2) is 36.3 Å². The van der Waals surface area contributed by atoms with E-state index in [1.165, 1.54) is 12.1 Å². The van der Waals surface area contributed by atoms with Gasteiger partial charge in [-0.25, -0.2) is 4.79 Å². The van der Waals surface area contributed by atoms with Crippen molar-refractivity contribution in [2.75, 3.05) is 18.5 Å². The Balaban J connectivity index is 2.19. The van der Waals surface area contributed by atoms with Gasteiger partial charge in [0.15, 0.2) is 0 Å². The van der Waals surface area contributed by atoms with Crippen molar-refractivity contribution in [1.29, 1.82) is 0 Å². The number of rotatable bonds is 5. The van der Waals surface area contributed by atoms with E-state index >= 15 is 0 Å². The molecule has 1 aromatic carbocycles. The predicted octanol–water partition coefficient (Wildman–Crippen LogP) is 2.54. The van der Waals surface area contributed by atoms with Gasteiger partial charge in [0.1, 0.15) is 5.75 Å². The number of anilines is 1. The summed E-state index contributed by atoms with van der Waals surface area (Å²) in [6.45, 7) is 4.88. The summed E-state index contributed by atoms with van der Waals surface area (Å²) < 4.78 is 10.9. The SMILES string of the molecule is CC(C)Oc1ccc(C(=O)O)cc1NC(=O)C1CCOCC1. The normalized spacial score (nSPS) is 15.6. The highest BCUT2D eigenvalue weighted by atomic mass is 16.5. The lowest BCUT2D eigenvalue weighted by molar-refractivity contribution is -0.122. The summed E-state index contributed by atoms with van der Waals surface area (Å²) in [6.07, 6.45) is 1.27. The molecule has 1 fully saturated rings. The number of ether oxygens (including phenoxy) is 2. The third-order valence-electron chi connectivity index (χ3n) is 3.44. The van der Waals surface area contributed by atoms with Crippen LogP contribution in [0.3, 0.4) is 0 Å². The van der Waals surface area contributed by atoms with Gasteiger partial charge in [0.05, 0.1) is 17.4 Å². The van der Waals surface area contributed by atoms with E-state index in [0.717, 1.165) is 0 Å². The summed E-state index contributed by atoms with van der Waals surface area (Å²) in [4.78, 5) is 23.4. The van der Waals surface area contributed by atoms with E-state index in [1.54, 1.807) is 6.07 Å². The van der Waals surface area contributed by atoms with Gasteiger partial charge >= 0.3 is 5.97 Å². The lowest BCUT2D eigenvalue weighted by Gasteiger charge is -2.22. The standard InChI is InChI=1S/C16H21NO5/c1-10(2)22-14-4-3-12(16(19)20)9-13(14)17-15(18)11-5-7-21-8-6-11/h3-4,9-11H,5-8H2,1-2H3,(H,17,18)(H,19,20). The number of amides is 1. The lowest BCUT2D eigenvalue weighted by atomic mass is 9.99. The highest BCUT2D eigenvalue weighted by Crippen LogP contribution is 2.28. The van der Waals surface area contributed by atoms with Gasteiger partial charge in [0.25, 0.3) is 0 Å². The van der Waals surface area contributed by atoms with E-state index < -0.39 is 5.97 Å². The lowest BCUT2D eigenvalue weighted by Crippen LogP contribution is -2.28. The van der Waals surface area contributed by atoms with Gasteiger partial charge in [0.2, 0.25) is 5.91 Å². The highest BCUT2D eigenvalue weighted by molar-refractivity contribution is 5.96. The Morgan fingerprint density at radius 1 is 1.32 bits per heavy atom. The molecule has 1 aliphatic heterocycles. The zero-order valence-corrected chi connectivity index (χ0v) is 12.8. The Morgan fingerprint density at radius 2 is 2.00 bits per heavy atom. The summed E-state index contributed by atoms with van der Waals surface area (Å²) >= 11 is 0. The third kappa shape index (κ3) is 4.21. The van der Waals surface area contributed by atoms with Gasteiger partial charge in [0, 0.05) is 19.1 Å². The van der Waals surface area contributed by atoms with Crippen molar-refractivity contribution in [2.45, 2.75) is 32.8 Å². The average molecular weight is 307 g/mol. The fourth-order valence-electron chi connectivity index (χ4n) is 2.31. The fraction of sp³-hybridized carbons (Fsp3) is 0.500. The van der Waals surface area contributed by atoms with E-state index in [2.05, 4.69) is 5.32 Å². The third-order valence-corrected chi connectivity index (χ3v) is 3.44. The topological polar surface area (TPSA) is 84.9 Å². The Labute approximate surface area is 129 Å². The molecule has 6 nitrogen and oxygen atoms in total. The number of benzene rings is 1. The van der Waals surface area contributed by atoms with Crippen LogP contribution < -0.4 is 10.1 Å². The number of carboxylic acid groups (broad SMARTS) is 1. The maximum atomic E-state index is 12.3. The minimum atomic E-state index is -1.04. The number of aromatic carboxylic acids is 1. The van der Waals surface area contributed by atoms with E-state index in [-0.39, 0.29) is 23.5 Å². The molecular weight excluding hydrogens is 286 g/mol. The van der Waals surface area contributed by atoms with Gasteiger partial charge in [-0.05, 0) is 44.9 Å². The molecule has 0 saturated carbocycles. The largest absolute Gasteiger partial charge is 0.489 e. The Morgan fingerprint density at radius 3 is 2.59 bits per heavy atom. The van der Waals surface area contributed by atoms with Crippen molar-refractivity contribution in [3.63, 3.8) is 0 Å². The van der Waals surface area contributed by atoms with Gasteiger partial charge < -0.3 is 19.9 Å². The fourth-order valence-corrected chi connectivity index (χ4v) is 2.31. The number of carbonyl (C=O) groups excluding carboxylic acids is 1. The molecule has 6 heteroatoms. The Kier molecular flexibility index (Phi) is 5.38. The summed E-state index contributed by atoms with van der Waals surface area (Å²) in [5.74, 6) is -0.813. The van der Waals surface area contributed by atoms with Crippen molar-refractivity contribution in [2.24, 2.45) is 5.92 Å². The minimum Gasteiger partial charge on any atom is -0.489 e. The number of nitrogens with one attached hydrogen (secondary N) is 1. The minimum absolute atomic E-state index is 0.0746. The molecule has 0 spiro atoms. The number of hydrogen-bond acceptors (Lipinski definition) is 4. The molecule has 120 valence electrons. The Bertz CT molecular complexity index is 549. The van der Waals surface area contributed by atoms with Gasteiger partial charge in [-0.2, -0.15) is 0 Å². The van der Waals surface area contributed by atoms with Crippen LogP contribution in [0, 0.1) is 5.92 Å². The molecule has 0 radical (unpaired) electrons. The van der Waals surface area contributed by atoms with Gasteiger partial charge in [-0.15, -0.1) is 0 Å². The van der Waals surface area contributed by atoms with Crippen LogP contribution >= 0.6 is 0 Å². The van der Waals surface area contributed by atoms with Crippen LogP contribution in [-0.2, 0) is 9.53 Å². The second kappa shape index (κ2) is 7.26. The van der Waals surface area contributed by atoms with Crippen LogP contribution in [0.25, 0.3) is 0 Å². The summed E-state index contributed by atoms with van der Waals surface area (Å²) in [7, 11) is 0. The molecule has 1 saturated heterocycles. The number of carboxylic acids is 1. The average Bonchev–Trinajstić information content (AvgIpc) is 2.49. The van der Waals surface area contributed by atoms with E-state index in [1.807, 2.05) is 13.8 Å². The molecule has 0 aromatic heterocycles. The first-order valence-corrected chi connectivity index (χ1v) is 7.40. The molecule has 0 unspecified atom stereocenters. The molecule has 0 atom stereocenters. The van der Waals surface area contributed by atoms with Crippen LogP contribution in [0.15, 0.2) is 18.2 Å². The molecule has 1 amide bonds. The molecule has 2 N–H and O–H groups in total. The zero-order chi connectivity index (χ0) is 16.1. The second-order valence-electron chi connectivity index (χ2n) is 5.56. The van der Waals surface area contributed by atoms with E-state index in [4.69, 9.17) is 14.6 Å². The van der Waals surface area contributed by atoms with Crippen LogP contribution in [0.2, 0.25) is 0 Å². The molecule has 22 heavy (non-hydrogen) atoms. The summed E-state index contributed by atoms with van der Waals surface area (Å²) in [6, 6.07) is 4.46. The van der Waals surface area contributed by atoms with Gasteiger partial charge in [-0.1, -0.05) is 0 Å². The van der Waals surface area contributed by atoms with Crippen LogP contribution in [0.4, 0.5) is 5.69 Å². The first-order valence-electron chi connectivity index (χ1n) is 7.40. The van der Waals surface area contributed by atoms with E-state index in [0.29, 0.717) is 37.5 Å². The molecule has 1 heterocycles. The van der Waals surface area contributed by atoms with Gasteiger partial charge in [-0.3, -0.25) is 4.79 Å². The molecule has 0 bridgehead atoms. The molecule has 1 aliphatic rings. The molecule has 2 rings (SSSR count). The Hall–Kier alpha value is -2.08. The summed E-state index contributed by atoms with van der Waals surface area (Å²) in [5, 5.41) is 11.9. The summed E-state index contributed by atoms with van der Waals surface area (Å²) in [5.41, 5.74) is 0.503. The van der Waals surface area contributed by atoms with E-state index in [9.17, 15) is 9.59 Å². The maximum Gasteiger partial charge on any atom is 0.335 e. The number of carbonyl (C=O) groups is 2. The second-order valence-corrected chi connectivity index (χ2v) is 5.56. The van der Waals surface area contributed by atoms with Crippen molar-refractivity contribution < 1.29 is 24.2 Å². The first-order chi connectivity index (χ1) is 10.5. The van der Waals surface area contributed by atoms with Crippen molar-refractivity contribution in [3.8, 4) is 5.75 Å². The smallest absolute Gasteiger partial charge is 0.335 e. The van der Waals surface area contributed by atoms with Crippen molar-refractivity contribution >= 4 is 17.6 Å². The zero-order valence-electron chi connectivity index (χ0n) is 12.8. The monoisotopic (exact) mass is 307 g/mol. The quantitative estimate of drug-likeness (QED) is 0.873. The van der Waals surface area contributed by atoms with Crippen LogP contribution in [0.5, 0.6) is 5.75 Å².